The predicted molar refractivity (Wildman–Crippen MR) is 98.7 cm³/mol. The third-order valence-corrected chi connectivity index (χ3v) is 5.69. The van der Waals surface area contributed by atoms with Crippen LogP contribution < -0.4 is 5.32 Å². The molecule has 3 fully saturated rings. The van der Waals surface area contributed by atoms with Crippen LogP contribution in [0.5, 0.6) is 0 Å². The molecule has 1 aliphatic carbocycles. The highest BCUT2D eigenvalue weighted by Gasteiger charge is 2.33. The Balaban J connectivity index is 0.00000208. The van der Waals surface area contributed by atoms with Crippen molar-refractivity contribution in [1.82, 2.24) is 15.1 Å². The van der Waals surface area contributed by atoms with Gasteiger partial charge in [0, 0.05) is 45.3 Å². The number of amides is 1. The molecule has 0 aromatic carbocycles. The van der Waals surface area contributed by atoms with E-state index in [4.69, 9.17) is 4.74 Å². The lowest BCUT2D eigenvalue weighted by Gasteiger charge is -2.32. The van der Waals surface area contributed by atoms with Gasteiger partial charge in [-0.3, -0.25) is 9.69 Å². The summed E-state index contributed by atoms with van der Waals surface area (Å²) in [5, 5.41) is 3.40. The van der Waals surface area contributed by atoms with Crippen LogP contribution in [0.2, 0.25) is 0 Å². The van der Waals surface area contributed by atoms with Gasteiger partial charge in [0.15, 0.2) is 0 Å². The number of carbonyl (C=O) groups is 1. The van der Waals surface area contributed by atoms with Crippen LogP contribution in [0.15, 0.2) is 0 Å². The van der Waals surface area contributed by atoms with Crippen LogP contribution >= 0.6 is 12.4 Å². The maximum absolute atomic E-state index is 12.7. The van der Waals surface area contributed by atoms with Crippen molar-refractivity contribution >= 4 is 18.3 Å². The normalized spacial score (nSPS) is 28.2. The molecule has 24 heavy (non-hydrogen) atoms. The Labute approximate surface area is 152 Å². The van der Waals surface area contributed by atoms with Crippen LogP contribution in [0.4, 0.5) is 0 Å². The van der Waals surface area contributed by atoms with Crippen molar-refractivity contribution < 1.29 is 9.53 Å². The van der Waals surface area contributed by atoms with E-state index in [9.17, 15) is 4.79 Å². The third kappa shape index (κ3) is 5.32. The molecule has 3 aliphatic rings. The zero-order chi connectivity index (χ0) is 16.1. The van der Waals surface area contributed by atoms with E-state index in [1.54, 1.807) is 0 Å². The Morgan fingerprint density at radius 1 is 1.04 bits per heavy atom. The molecular formula is C18H34ClN3O2. The van der Waals surface area contributed by atoms with Crippen LogP contribution in [0, 0.1) is 0 Å². The fourth-order valence-corrected chi connectivity index (χ4v) is 4.27. The van der Waals surface area contributed by atoms with Crippen molar-refractivity contribution in [2.24, 2.45) is 0 Å². The molecular weight excluding hydrogens is 326 g/mol. The molecule has 2 aliphatic heterocycles. The largest absolute Gasteiger partial charge is 0.365 e. The first-order valence-electron chi connectivity index (χ1n) is 9.63. The Morgan fingerprint density at radius 3 is 2.38 bits per heavy atom. The van der Waals surface area contributed by atoms with E-state index in [0.717, 1.165) is 58.5 Å². The number of halogens is 1. The van der Waals surface area contributed by atoms with E-state index in [2.05, 4.69) is 10.2 Å². The highest BCUT2D eigenvalue weighted by Crippen LogP contribution is 2.23. The number of hydrogen-bond acceptors (Lipinski definition) is 4. The highest BCUT2D eigenvalue weighted by atomic mass is 35.5. The number of nitrogens with one attached hydrogen (secondary N) is 1. The molecule has 2 saturated heterocycles. The van der Waals surface area contributed by atoms with Gasteiger partial charge < -0.3 is 15.0 Å². The summed E-state index contributed by atoms with van der Waals surface area (Å²) >= 11 is 0. The molecule has 1 saturated carbocycles. The van der Waals surface area contributed by atoms with Crippen LogP contribution in [0.1, 0.15) is 51.9 Å². The van der Waals surface area contributed by atoms with Crippen LogP contribution in [0.25, 0.3) is 0 Å². The number of likely N-dealkylation sites (tertiary alicyclic amines) is 1. The van der Waals surface area contributed by atoms with Crippen molar-refractivity contribution in [2.45, 2.75) is 70.1 Å². The molecule has 2 unspecified atom stereocenters. The molecule has 2 heterocycles. The number of hydrogen-bond donors (Lipinski definition) is 1. The molecule has 0 aromatic heterocycles. The van der Waals surface area contributed by atoms with Gasteiger partial charge in [-0.1, -0.05) is 25.7 Å². The van der Waals surface area contributed by atoms with Crippen LogP contribution in [0.3, 0.4) is 0 Å². The van der Waals surface area contributed by atoms with Crippen molar-refractivity contribution in [3.8, 4) is 0 Å². The summed E-state index contributed by atoms with van der Waals surface area (Å²) in [6, 6.07) is 0.547. The minimum absolute atomic E-state index is 0. The van der Waals surface area contributed by atoms with Gasteiger partial charge >= 0.3 is 0 Å². The van der Waals surface area contributed by atoms with E-state index in [1.807, 2.05) is 11.8 Å². The van der Waals surface area contributed by atoms with Gasteiger partial charge in [-0.25, -0.2) is 0 Å². The Morgan fingerprint density at radius 2 is 1.71 bits per heavy atom. The van der Waals surface area contributed by atoms with Gasteiger partial charge in [0.05, 0.1) is 6.10 Å². The Kier molecular flexibility index (Phi) is 8.28. The van der Waals surface area contributed by atoms with Gasteiger partial charge in [-0.05, 0) is 26.2 Å². The van der Waals surface area contributed by atoms with E-state index in [-0.39, 0.29) is 24.4 Å². The second-order valence-electron chi connectivity index (χ2n) is 7.40. The van der Waals surface area contributed by atoms with E-state index in [1.165, 1.54) is 25.7 Å². The van der Waals surface area contributed by atoms with E-state index < -0.39 is 0 Å². The van der Waals surface area contributed by atoms with Crippen LogP contribution in [-0.2, 0) is 9.53 Å². The Bertz CT molecular complexity index is 382. The third-order valence-electron chi connectivity index (χ3n) is 5.69. The van der Waals surface area contributed by atoms with Gasteiger partial charge in [0.1, 0.15) is 6.10 Å². The second-order valence-corrected chi connectivity index (χ2v) is 7.40. The first-order valence-corrected chi connectivity index (χ1v) is 9.63. The lowest BCUT2D eigenvalue weighted by atomic mass is 10.1. The van der Waals surface area contributed by atoms with Gasteiger partial charge in [-0.2, -0.15) is 0 Å². The summed E-state index contributed by atoms with van der Waals surface area (Å²) in [5.41, 5.74) is 0. The van der Waals surface area contributed by atoms with Gasteiger partial charge in [0.25, 0.3) is 5.91 Å². The minimum atomic E-state index is -0.278. The zero-order valence-corrected chi connectivity index (χ0v) is 15.9. The van der Waals surface area contributed by atoms with Crippen LogP contribution in [-0.4, -0.2) is 73.2 Å². The summed E-state index contributed by atoms with van der Waals surface area (Å²) in [6.45, 7) is 8.10. The zero-order valence-electron chi connectivity index (χ0n) is 15.0. The van der Waals surface area contributed by atoms with Gasteiger partial charge in [-0.15, -0.1) is 12.4 Å². The molecule has 0 bridgehead atoms. The fraction of sp³-hybridized carbons (Fsp3) is 0.944. The monoisotopic (exact) mass is 359 g/mol. The molecule has 2 atom stereocenters. The SMILES string of the molecule is CC(OC1CCCCCC1)C(=O)N1CCC(N2CCNCC2)C1.Cl. The summed E-state index contributed by atoms with van der Waals surface area (Å²) in [7, 11) is 0. The number of nitrogens with zero attached hydrogens (tertiary/aromatic N) is 2. The molecule has 0 radical (unpaired) electrons. The van der Waals surface area contributed by atoms with Crippen molar-refractivity contribution in [3.05, 3.63) is 0 Å². The summed E-state index contributed by atoms with van der Waals surface area (Å²) in [6.07, 6.45) is 8.52. The molecule has 0 spiro atoms. The average Bonchev–Trinajstić information content (AvgIpc) is 2.94. The second kappa shape index (κ2) is 9.95. The maximum Gasteiger partial charge on any atom is 0.251 e. The van der Waals surface area contributed by atoms with Crippen molar-refractivity contribution in [2.75, 3.05) is 39.3 Å². The molecule has 140 valence electrons. The number of rotatable bonds is 4. The topological polar surface area (TPSA) is 44.8 Å². The highest BCUT2D eigenvalue weighted by molar-refractivity contribution is 5.85. The molecule has 6 heteroatoms. The maximum atomic E-state index is 12.7. The predicted octanol–water partition coefficient (Wildman–Crippen LogP) is 2.04. The smallest absolute Gasteiger partial charge is 0.251 e. The van der Waals surface area contributed by atoms with E-state index in [0.29, 0.717) is 12.1 Å². The van der Waals surface area contributed by atoms with E-state index >= 15 is 0 Å². The molecule has 1 amide bonds. The average molecular weight is 360 g/mol. The molecule has 5 nitrogen and oxygen atoms in total. The van der Waals surface area contributed by atoms with Crippen molar-refractivity contribution in [3.63, 3.8) is 0 Å². The molecule has 3 rings (SSSR count). The summed E-state index contributed by atoms with van der Waals surface area (Å²) in [5.74, 6) is 0.201. The standard InChI is InChI=1S/C18H33N3O2.ClH/c1-15(23-17-6-4-2-3-5-7-17)18(22)21-11-8-16(14-21)20-12-9-19-10-13-20;/h15-17,19H,2-14H2,1H3;1H. The minimum Gasteiger partial charge on any atom is -0.365 e. The summed E-state index contributed by atoms with van der Waals surface area (Å²) in [4.78, 5) is 17.3. The first-order chi connectivity index (χ1) is 11.2. The number of ether oxygens (including phenoxy) is 1. The fourth-order valence-electron chi connectivity index (χ4n) is 4.27. The molecule has 0 aromatic rings. The van der Waals surface area contributed by atoms with Crippen molar-refractivity contribution in [1.29, 1.82) is 0 Å². The number of piperazine rings is 1. The van der Waals surface area contributed by atoms with Gasteiger partial charge in [0.2, 0.25) is 0 Å². The lowest BCUT2D eigenvalue weighted by molar-refractivity contribution is -0.145. The molecule has 1 N–H and O–H groups in total. The number of carbonyl (C=O) groups excluding carboxylic acids is 1. The lowest BCUT2D eigenvalue weighted by Crippen LogP contribution is -2.50. The Hall–Kier alpha value is -0.360. The first kappa shape index (κ1) is 20.0. The quantitative estimate of drug-likeness (QED) is 0.780. The summed E-state index contributed by atoms with van der Waals surface area (Å²) < 4.78 is 6.11.